The molecule has 0 radical (unpaired) electrons. The topological polar surface area (TPSA) is 0 Å². The van der Waals surface area contributed by atoms with Crippen LogP contribution >= 0.6 is 6.95 Å². The van der Waals surface area contributed by atoms with Gasteiger partial charge in [0, 0.05) is 0 Å². The van der Waals surface area contributed by atoms with E-state index >= 15 is 0 Å². The molecule has 0 spiro atoms. The monoisotopic (exact) mass is 99.0 g/mol. The summed E-state index contributed by atoms with van der Waals surface area (Å²) in [6.07, 6.45) is 0. The van der Waals surface area contributed by atoms with Crippen LogP contribution in [0.15, 0.2) is 0 Å². The molecule has 0 aliphatic heterocycles. The van der Waals surface area contributed by atoms with Gasteiger partial charge in [0.2, 0.25) is 0 Å². The zero-order valence-corrected chi connectivity index (χ0v) is 3.94. The molecule has 0 aliphatic rings. The van der Waals surface area contributed by atoms with Crippen LogP contribution in [0.25, 0.3) is 0 Å². The Morgan fingerprint density at radius 1 is 2.50 bits per heavy atom. The molecule has 26 valence electrons. The van der Waals surface area contributed by atoms with Crippen LogP contribution in [0.5, 0.6) is 0 Å². The van der Waals surface area contributed by atoms with Crippen LogP contribution in [0.1, 0.15) is 0 Å². The molecule has 0 N–H and O–H groups in total. The first kappa shape index (κ1) is 2.80. The van der Waals surface area contributed by atoms with E-state index in [4.69, 9.17) is 1.28 Å². The van der Waals surface area contributed by atoms with Crippen molar-refractivity contribution < 1.29 is 4.20 Å². The van der Waals surface area contributed by atoms with Gasteiger partial charge in [0.1, 0.15) is 8.23 Å². The van der Waals surface area contributed by atoms with Gasteiger partial charge in [0.25, 0.3) is 0 Å². The predicted molar refractivity (Wildman–Crippen MR) is 22.7 cm³/mol. The van der Waals surface area contributed by atoms with Crippen LogP contribution in [0.2, 0.25) is 0 Å². The Hall–Kier alpha value is 0.580. The second-order valence-corrected chi connectivity index (χ2v) is 2.77. The highest BCUT2D eigenvalue weighted by Crippen LogP contribution is 2.12. The van der Waals surface area contributed by atoms with Crippen molar-refractivity contribution in [3.63, 3.8) is 0 Å². The lowest BCUT2D eigenvalue weighted by Crippen LogP contribution is -1.19. The first-order valence-corrected chi connectivity index (χ1v) is 3.49. The lowest BCUT2D eigenvalue weighted by molar-refractivity contribution is 0.922. The number of halogens is 1. The summed E-state index contributed by atoms with van der Waals surface area (Å²) in [5, 5.41) is 0. The van der Waals surface area contributed by atoms with E-state index in [9.17, 15) is 4.20 Å². The summed E-state index contributed by atoms with van der Waals surface area (Å²) in [6.45, 7) is -1.94. The first-order chi connectivity index (χ1) is 2.00. The van der Waals surface area contributed by atoms with Crippen molar-refractivity contribution in [2.45, 2.75) is 0 Å². The Labute approximate surface area is 31.8 Å². The van der Waals surface area contributed by atoms with Gasteiger partial charge >= 0.3 is 0 Å². The maximum atomic E-state index is 11.3. The molecule has 0 bridgehead atoms. The van der Waals surface area contributed by atoms with Crippen LogP contribution in [-0.2, 0) is 11.8 Å². The number of rotatable bonds is 0. The Morgan fingerprint density at radius 2 is 2.50 bits per heavy atom. The Morgan fingerprint density at radius 3 is 2.50 bits per heavy atom. The third-order valence-corrected chi connectivity index (χ3v) is 0. The van der Waals surface area contributed by atoms with Crippen LogP contribution in [0.4, 0.5) is 4.20 Å². The summed E-state index contributed by atoms with van der Waals surface area (Å²) in [4.78, 5) is 0. The van der Waals surface area contributed by atoms with Gasteiger partial charge in [-0.2, -0.15) is 0 Å². The highest BCUT2D eigenvalue weighted by atomic mass is 32.4. The number of hydrogen-bond donors (Lipinski definition) is 0. The quantitative estimate of drug-likeness (QED) is 0.411. The normalized spacial score (nSPS) is 27.0. The molecule has 0 saturated carbocycles. The first-order valence-electron chi connectivity index (χ1n) is 1.25. The minimum Gasteiger partial charge on any atom is -0.221 e. The Balaban J connectivity index is 3.47. The molecule has 0 aromatic rings. The SMILES string of the molecule is [2H]P(C)(F)=S. The molecular formula is CH4FPS. The van der Waals surface area contributed by atoms with Gasteiger partial charge in [-0.15, -0.1) is 0 Å². The van der Waals surface area contributed by atoms with E-state index in [1.165, 1.54) is 0 Å². The largest absolute Gasteiger partial charge is 0.221 e. The molecule has 1 atom stereocenters. The van der Waals surface area contributed by atoms with E-state index in [1.54, 1.807) is 0 Å². The van der Waals surface area contributed by atoms with Gasteiger partial charge in [0.15, 0.2) is 0 Å². The number of hydrogen-bond acceptors (Lipinski definition) is 1. The Bertz CT molecular complexity index is 57.8. The maximum absolute atomic E-state index is 11.3. The molecule has 4 heavy (non-hydrogen) atoms. The molecule has 0 rings (SSSR count). The second-order valence-electron chi connectivity index (χ2n) is 0.421. The summed E-state index contributed by atoms with van der Waals surface area (Å²) in [5.74, 6) is 0. The van der Waals surface area contributed by atoms with E-state index in [0.717, 1.165) is 6.66 Å². The van der Waals surface area contributed by atoms with Crippen LogP contribution in [0.3, 0.4) is 0 Å². The Kier molecular flexibility index (Phi) is 1.30. The fourth-order valence-electron chi connectivity index (χ4n) is 0. The van der Waals surface area contributed by atoms with Crippen molar-refractivity contribution in [1.29, 1.82) is 1.28 Å². The summed E-state index contributed by atoms with van der Waals surface area (Å²) in [7, 11) is 0. The van der Waals surface area contributed by atoms with E-state index in [1.807, 2.05) is 0 Å². The molecule has 0 aliphatic carbocycles. The molecule has 1 unspecified atom stereocenters. The summed E-state index contributed by atoms with van der Waals surface area (Å²) in [5.41, 5.74) is 0. The predicted octanol–water partition coefficient (Wildman–Crippen LogP) is 1.18. The molecule has 0 amide bonds. The average Bonchev–Trinajstić information content (AvgIpc) is 0.722. The smallest absolute Gasteiger partial charge is 0.103 e. The molecule has 3 heteroatoms. The van der Waals surface area contributed by atoms with Crippen molar-refractivity contribution in [3.05, 3.63) is 0 Å². The zero-order valence-electron chi connectivity index (χ0n) is 3.23. The van der Waals surface area contributed by atoms with Crippen LogP contribution in [0, 0.1) is 0 Å². The minimum atomic E-state index is -3.06. The van der Waals surface area contributed by atoms with Crippen molar-refractivity contribution >= 4 is 18.8 Å². The third kappa shape index (κ3) is 19.1. The van der Waals surface area contributed by atoms with Gasteiger partial charge in [-0.25, -0.2) is 4.20 Å². The van der Waals surface area contributed by atoms with Gasteiger partial charge in [0.05, 0.1) is 0 Å². The molecule has 0 aromatic heterocycles. The molecule has 0 fully saturated rings. The molecule has 0 nitrogen and oxygen atoms in total. The molecule has 0 saturated heterocycles. The fraction of sp³-hybridized carbons (Fsp3) is 1.00. The third-order valence-electron chi connectivity index (χ3n) is 0. The lowest BCUT2D eigenvalue weighted by Gasteiger charge is -1.59. The minimum absolute atomic E-state index is 1.11. The zero-order chi connectivity index (χ0) is 4.50. The van der Waals surface area contributed by atoms with E-state index < -0.39 is 6.95 Å². The van der Waals surface area contributed by atoms with Crippen molar-refractivity contribution in [3.8, 4) is 0 Å². The van der Waals surface area contributed by atoms with E-state index in [-0.39, 0.29) is 0 Å². The molecular weight excluding hydrogens is 94.1 g/mol. The van der Waals surface area contributed by atoms with Gasteiger partial charge in [-0.3, -0.25) is 0 Å². The van der Waals surface area contributed by atoms with Crippen LogP contribution < -0.4 is 0 Å². The van der Waals surface area contributed by atoms with E-state index in [2.05, 4.69) is 11.8 Å². The van der Waals surface area contributed by atoms with Crippen molar-refractivity contribution in [2.75, 3.05) is 6.66 Å². The van der Waals surface area contributed by atoms with E-state index in [0.29, 0.717) is 0 Å². The fourth-order valence-corrected chi connectivity index (χ4v) is 0. The lowest BCUT2D eigenvalue weighted by atomic mass is 12.0. The molecule has 0 heterocycles. The summed E-state index contributed by atoms with van der Waals surface area (Å²) in [6, 6.07) is 0. The second kappa shape index (κ2) is 1.86. The van der Waals surface area contributed by atoms with Crippen molar-refractivity contribution in [2.24, 2.45) is 0 Å². The van der Waals surface area contributed by atoms with Gasteiger partial charge in [-0.05, 0) is 6.66 Å². The highest BCUT2D eigenvalue weighted by molar-refractivity contribution is 8.02. The maximum Gasteiger partial charge on any atom is 0.103 e. The molecule has 0 aromatic carbocycles. The van der Waals surface area contributed by atoms with Crippen LogP contribution in [-0.4, -0.2) is 7.94 Å². The highest BCUT2D eigenvalue weighted by Gasteiger charge is 1.59. The van der Waals surface area contributed by atoms with Crippen molar-refractivity contribution in [1.82, 2.24) is 0 Å². The summed E-state index contributed by atoms with van der Waals surface area (Å²) >= 11 is 3.94. The average molecular weight is 99.1 g/mol. The van der Waals surface area contributed by atoms with Gasteiger partial charge < -0.3 is 0 Å². The summed E-state index contributed by atoms with van der Waals surface area (Å²) < 4.78 is 17.5. The van der Waals surface area contributed by atoms with Gasteiger partial charge in [-0.1, -0.05) is 11.8 Å². The standard InChI is InChI=1S/CH4FPS/c1-3(2)4/h3H,1H3/i3D.